The van der Waals surface area contributed by atoms with E-state index in [0.717, 1.165) is 64.2 Å². The van der Waals surface area contributed by atoms with E-state index < -0.39 is 59.8 Å². The van der Waals surface area contributed by atoms with Crippen LogP contribution in [0.4, 0.5) is 0 Å². The molecule has 368 valence electrons. The van der Waals surface area contributed by atoms with Crippen molar-refractivity contribution in [3.63, 3.8) is 0 Å². The molecule has 0 amide bonds. The average molecular weight is 915 g/mol. The van der Waals surface area contributed by atoms with Crippen molar-refractivity contribution in [3.05, 3.63) is 48.6 Å². The van der Waals surface area contributed by atoms with Crippen LogP contribution >= 0.6 is 0 Å². The summed E-state index contributed by atoms with van der Waals surface area (Å²) in [4.78, 5) is 12.9. The van der Waals surface area contributed by atoms with Gasteiger partial charge in [-0.05, 0) is 51.4 Å². The lowest BCUT2D eigenvalue weighted by Crippen LogP contribution is -2.60. The maximum atomic E-state index is 12.9. The molecule has 4 N–H and O–H groups in total. The Hall–Kier alpha value is -1.94. The number of carbonyl (C=O) groups is 1. The van der Waals surface area contributed by atoms with Gasteiger partial charge in [0, 0.05) is 13.0 Å². The summed E-state index contributed by atoms with van der Waals surface area (Å²) in [5, 5.41) is 30.7. The third kappa shape index (κ3) is 35.0. The minimum absolute atomic E-state index is 0.0371. The van der Waals surface area contributed by atoms with Crippen LogP contribution in [0.2, 0.25) is 0 Å². The van der Waals surface area contributed by atoms with Crippen molar-refractivity contribution in [1.29, 1.82) is 0 Å². The van der Waals surface area contributed by atoms with Gasteiger partial charge < -0.3 is 34.3 Å². The lowest BCUT2D eigenvalue weighted by atomic mass is 9.99. The number of rotatable bonds is 43. The van der Waals surface area contributed by atoms with Gasteiger partial charge in [0.25, 0.3) is 0 Å². The molecule has 0 aliphatic carbocycles. The van der Waals surface area contributed by atoms with Crippen LogP contribution in [0.3, 0.4) is 0 Å². The van der Waals surface area contributed by atoms with Crippen LogP contribution in [0, 0.1) is 0 Å². The first kappa shape index (κ1) is 59.1. The first-order valence-corrected chi connectivity index (χ1v) is 26.3. The van der Waals surface area contributed by atoms with Crippen LogP contribution in [0.15, 0.2) is 48.6 Å². The molecule has 1 saturated heterocycles. The average Bonchev–Trinajstić information content (AvgIpc) is 3.26. The quantitative estimate of drug-likeness (QED) is 0.0197. The van der Waals surface area contributed by atoms with E-state index in [1.165, 1.54) is 109 Å². The SMILES string of the molecule is CC/C=C\C/C=C\C/C=C\C/C=C\CCCCCCCCCCCCCCC(=O)OC(COCCCCCCCCCCCCC)COC1OC(CO)C(O)C(OS(=O)(=O)O)C1O. The highest BCUT2D eigenvalue weighted by molar-refractivity contribution is 7.80. The van der Waals surface area contributed by atoms with Crippen LogP contribution in [0.1, 0.15) is 200 Å². The summed E-state index contributed by atoms with van der Waals surface area (Å²) in [7, 11) is -5.06. The number of carbonyl (C=O) groups excluding carboxylic acids is 1. The van der Waals surface area contributed by atoms with Gasteiger partial charge in [-0.25, -0.2) is 4.18 Å². The highest BCUT2D eigenvalue weighted by Gasteiger charge is 2.48. The van der Waals surface area contributed by atoms with Gasteiger partial charge in [-0.1, -0.05) is 191 Å². The van der Waals surface area contributed by atoms with E-state index in [0.29, 0.717) is 13.0 Å². The molecule has 0 saturated carbocycles. The van der Waals surface area contributed by atoms with Gasteiger partial charge in [-0.2, -0.15) is 8.42 Å². The lowest BCUT2D eigenvalue weighted by Gasteiger charge is -2.41. The minimum atomic E-state index is -5.06. The molecule has 0 aromatic carbocycles. The standard InChI is InChI=1S/C50H90O12S/c1-3-5-7-9-11-13-15-16-17-18-19-20-21-22-23-24-25-26-27-28-29-31-33-35-37-39-46(52)60-44(42-58-40-38-36-34-32-30-14-12-10-8-6-4-2)43-59-50-48(54)49(62-63(55,56)57)47(53)45(41-51)61-50/h5,7,11,13,16-17,19-20,44-45,47-51,53-54H,3-4,6,8-10,12,14-15,18,21-43H2,1-2H3,(H,55,56,57)/b7-5-,13-11-,17-16-,20-19-. The third-order valence-corrected chi connectivity index (χ3v) is 11.7. The second kappa shape index (κ2) is 41.5. The Morgan fingerprint density at radius 2 is 1.10 bits per heavy atom. The van der Waals surface area contributed by atoms with Crippen LogP contribution in [0.25, 0.3) is 0 Å². The summed E-state index contributed by atoms with van der Waals surface area (Å²) in [6, 6.07) is 0. The van der Waals surface area contributed by atoms with E-state index in [-0.39, 0.29) is 19.6 Å². The van der Waals surface area contributed by atoms with Gasteiger partial charge in [0.2, 0.25) is 0 Å². The molecule has 0 bridgehead atoms. The molecule has 13 heteroatoms. The Balaban J connectivity index is 2.30. The summed E-state index contributed by atoms with van der Waals surface area (Å²) in [6.45, 7) is 3.88. The summed E-state index contributed by atoms with van der Waals surface area (Å²) in [5.74, 6) is -0.401. The van der Waals surface area contributed by atoms with Gasteiger partial charge in [0.05, 0.1) is 19.8 Å². The Bertz CT molecular complexity index is 1290. The normalized spacial score (nSPS) is 20.3. The molecular weight excluding hydrogens is 825 g/mol. The van der Waals surface area contributed by atoms with Gasteiger partial charge >= 0.3 is 16.4 Å². The Kier molecular flexibility index (Phi) is 38.9. The van der Waals surface area contributed by atoms with Crippen LogP contribution in [-0.4, -0.2) is 97.5 Å². The number of hydrogen-bond acceptors (Lipinski definition) is 11. The molecule has 1 rings (SSSR count). The molecule has 63 heavy (non-hydrogen) atoms. The topological polar surface area (TPSA) is 178 Å². The molecule has 1 aliphatic heterocycles. The highest BCUT2D eigenvalue weighted by Crippen LogP contribution is 2.26. The Labute approximate surface area is 383 Å². The van der Waals surface area contributed by atoms with Gasteiger partial charge in [-0.15, -0.1) is 0 Å². The Morgan fingerprint density at radius 3 is 1.60 bits per heavy atom. The zero-order valence-electron chi connectivity index (χ0n) is 39.4. The van der Waals surface area contributed by atoms with Crippen molar-refractivity contribution < 1.29 is 56.2 Å². The number of hydrogen-bond donors (Lipinski definition) is 4. The van der Waals surface area contributed by atoms with Gasteiger partial charge in [0.1, 0.15) is 30.5 Å². The molecule has 0 radical (unpaired) electrons. The van der Waals surface area contributed by atoms with Crippen molar-refractivity contribution in [2.75, 3.05) is 26.4 Å². The van der Waals surface area contributed by atoms with E-state index >= 15 is 0 Å². The van der Waals surface area contributed by atoms with E-state index in [1.54, 1.807) is 0 Å². The monoisotopic (exact) mass is 915 g/mol. The van der Waals surface area contributed by atoms with E-state index in [4.69, 9.17) is 23.5 Å². The minimum Gasteiger partial charge on any atom is -0.457 e. The third-order valence-electron chi connectivity index (χ3n) is 11.2. The fourth-order valence-electron chi connectivity index (χ4n) is 7.49. The van der Waals surface area contributed by atoms with Crippen molar-refractivity contribution in [2.24, 2.45) is 0 Å². The van der Waals surface area contributed by atoms with E-state index in [9.17, 15) is 28.5 Å². The van der Waals surface area contributed by atoms with Gasteiger partial charge in [-0.3, -0.25) is 9.35 Å². The summed E-state index contributed by atoms with van der Waals surface area (Å²) in [6.07, 6.45) is 41.5. The summed E-state index contributed by atoms with van der Waals surface area (Å²) < 4.78 is 59.1. The second-order valence-corrected chi connectivity index (χ2v) is 18.1. The van der Waals surface area contributed by atoms with Crippen LogP contribution in [-0.2, 0) is 38.3 Å². The molecule has 0 aromatic heterocycles. The lowest BCUT2D eigenvalue weighted by molar-refractivity contribution is -0.301. The predicted molar refractivity (Wildman–Crippen MR) is 253 cm³/mol. The van der Waals surface area contributed by atoms with E-state index in [2.05, 4.69) is 66.6 Å². The Morgan fingerprint density at radius 1 is 0.619 bits per heavy atom. The summed E-state index contributed by atoms with van der Waals surface area (Å²) in [5.41, 5.74) is 0. The van der Waals surface area contributed by atoms with Crippen molar-refractivity contribution in [3.8, 4) is 0 Å². The fraction of sp³-hybridized carbons (Fsp3) is 0.820. The number of aliphatic hydroxyl groups is 3. The largest absolute Gasteiger partial charge is 0.457 e. The maximum absolute atomic E-state index is 12.9. The van der Waals surface area contributed by atoms with Crippen molar-refractivity contribution >= 4 is 16.4 Å². The number of ether oxygens (including phenoxy) is 4. The molecular formula is C50H90O12S. The van der Waals surface area contributed by atoms with E-state index in [1.807, 2.05) is 0 Å². The second-order valence-electron chi connectivity index (χ2n) is 17.0. The van der Waals surface area contributed by atoms with Crippen molar-refractivity contribution in [2.45, 2.75) is 237 Å². The molecule has 6 atom stereocenters. The smallest absolute Gasteiger partial charge is 0.397 e. The van der Waals surface area contributed by atoms with Gasteiger partial charge in [0.15, 0.2) is 6.29 Å². The molecule has 12 nitrogen and oxygen atoms in total. The number of allylic oxidation sites excluding steroid dienone is 8. The molecule has 0 spiro atoms. The molecule has 6 unspecified atom stereocenters. The zero-order valence-corrected chi connectivity index (χ0v) is 40.2. The number of unbranched alkanes of at least 4 members (excludes halogenated alkanes) is 22. The zero-order chi connectivity index (χ0) is 46.1. The number of aliphatic hydroxyl groups excluding tert-OH is 3. The van der Waals surface area contributed by atoms with Crippen molar-refractivity contribution in [1.82, 2.24) is 0 Å². The fourth-order valence-corrected chi connectivity index (χ4v) is 8.00. The van der Waals surface area contributed by atoms with Crippen LogP contribution in [0.5, 0.6) is 0 Å². The predicted octanol–water partition coefficient (Wildman–Crippen LogP) is 11.1. The molecule has 0 aromatic rings. The first-order valence-electron chi connectivity index (χ1n) is 24.9. The first-order chi connectivity index (χ1) is 30.6. The van der Waals surface area contributed by atoms with Crippen LogP contribution < -0.4 is 0 Å². The molecule has 1 aliphatic rings. The summed E-state index contributed by atoms with van der Waals surface area (Å²) >= 11 is 0. The highest BCUT2D eigenvalue weighted by atomic mass is 32.3. The molecule has 1 fully saturated rings. The molecule has 1 heterocycles. The maximum Gasteiger partial charge on any atom is 0.397 e. The number of esters is 1.